The lowest BCUT2D eigenvalue weighted by molar-refractivity contribution is -0.138. The molecule has 0 radical (unpaired) electrons. The Morgan fingerprint density at radius 3 is 2.38 bits per heavy atom. The van der Waals surface area contributed by atoms with Gasteiger partial charge in [-0.1, -0.05) is 25.0 Å². The number of ether oxygens (including phenoxy) is 1. The van der Waals surface area contributed by atoms with Crippen molar-refractivity contribution in [1.82, 2.24) is 15.1 Å². The van der Waals surface area contributed by atoms with E-state index in [1.165, 1.54) is 14.2 Å². The van der Waals surface area contributed by atoms with Gasteiger partial charge >= 0.3 is 5.97 Å². The van der Waals surface area contributed by atoms with Gasteiger partial charge in [0.25, 0.3) is 11.8 Å². The van der Waals surface area contributed by atoms with E-state index in [0.717, 1.165) is 22.6 Å². The molecule has 1 saturated carbocycles. The normalized spacial score (nSPS) is 15.1. The molecule has 1 aliphatic rings. The summed E-state index contributed by atoms with van der Waals surface area (Å²) >= 11 is 0. The molecule has 0 atom stereocenters. The largest absolute Gasteiger partial charge is 0.501 e. The second-order valence-corrected chi connectivity index (χ2v) is 7.25. The molecule has 0 bridgehead atoms. The Labute approximate surface area is 187 Å². The van der Waals surface area contributed by atoms with Gasteiger partial charge in [-0.2, -0.15) is 0 Å². The Hall–Kier alpha value is -3.56. The maximum Gasteiger partial charge on any atom is 0.322 e. The van der Waals surface area contributed by atoms with Gasteiger partial charge in [-0.05, 0) is 38.3 Å². The fraction of sp³-hybridized carbons (Fsp3) is 0.455. The molecule has 10 heteroatoms. The van der Waals surface area contributed by atoms with Crippen molar-refractivity contribution < 1.29 is 34.1 Å². The van der Waals surface area contributed by atoms with E-state index in [-0.39, 0.29) is 6.54 Å². The van der Waals surface area contributed by atoms with Crippen LogP contribution in [0.4, 0.5) is 0 Å². The first-order chi connectivity index (χ1) is 15.2. The van der Waals surface area contributed by atoms with Crippen LogP contribution < -0.4 is 5.32 Å². The second-order valence-electron chi connectivity index (χ2n) is 7.25. The molecule has 0 saturated heterocycles. The Bertz CT molecular complexity index is 838. The van der Waals surface area contributed by atoms with E-state index in [0.29, 0.717) is 30.2 Å². The Morgan fingerprint density at radius 2 is 1.88 bits per heavy atom. The van der Waals surface area contributed by atoms with Crippen LogP contribution in [0.1, 0.15) is 33.1 Å². The average molecular weight is 450 g/mol. The molecular formula is C22H31N3O7. The summed E-state index contributed by atoms with van der Waals surface area (Å²) in [5, 5.41) is 21.6. The van der Waals surface area contributed by atoms with Gasteiger partial charge in [0.15, 0.2) is 5.57 Å². The molecule has 0 aromatic carbocycles. The lowest BCUT2D eigenvalue weighted by Gasteiger charge is -2.23. The molecule has 0 spiro atoms. The van der Waals surface area contributed by atoms with Gasteiger partial charge in [0.2, 0.25) is 12.3 Å². The summed E-state index contributed by atoms with van der Waals surface area (Å²) in [6, 6.07) is 0. The van der Waals surface area contributed by atoms with Crippen molar-refractivity contribution in [1.29, 1.82) is 0 Å². The van der Waals surface area contributed by atoms with Gasteiger partial charge in [0.1, 0.15) is 6.54 Å². The molecule has 1 fully saturated rings. The lowest BCUT2D eigenvalue weighted by atomic mass is 10.1. The number of aliphatic hydroxyl groups is 1. The van der Waals surface area contributed by atoms with Crippen LogP contribution in [0.2, 0.25) is 0 Å². The zero-order valence-corrected chi connectivity index (χ0v) is 18.8. The molecule has 176 valence electrons. The molecule has 3 N–H and O–H groups in total. The van der Waals surface area contributed by atoms with Gasteiger partial charge < -0.3 is 25.2 Å². The van der Waals surface area contributed by atoms with Gasteiger partial charge in [-0.15, -0.1) is 0 Å². The number of nitrogens with one attached hydrogen (secondary N) is 1. The van der Waals surface area contributed by atoms with Crippen LogP contribution in [0.3, 0.4) is 0 Å². The third kappa shape index (κ3) is 8.29. The number of likely N-dealkylation sites (N-methyl/N-ethyl adjacent to an activating group) is 1. The molecule has 3 amide bonds. The number of rotatable bonds is 13. The number of carbonyl (C=O) groups excluding carboxylic acids is 3. The van der Waals surface area contributed by atoms with Crippen molar-refractivity contribution in [3.05, 3.63) is 47.2 Å². The summed E-state index contributed by atoms with van der Waals surface area (Å²) in [5.74, 6) is -3.29. The number of hydrogen-bond donors (Lipinski definition) is 3. The van der Waals surface area contributed by atoms with E-state index in [4.69, 9.17) is 9.84 Å². The molecule has 1 rings (SSSR count). The first kappa shape index (κ1) is 26.5. The van der Waals surface area contributed by atoms with E-state index < -0.39 is 35.8 Å². The maximum absolute atomic E-state index is 13.2. The number of carboxylic acids is 1. The third-order valence-electron chi connectivity index (χ3n) is 4.76. The number of carboxylic acid groups (broad SMARTS) is 1. The van der Waals surface area contributed by atoms with E-state index in [9.17, 15) is 24.3 Å². The number of hydrogen-bond acceptors (Lipinski definition) is 6. The SMILES string of the molecule is C\C=C/C=C(\C=C(/C)OC)N(C)C(=O)C(C(=O)NCC(=O)O)=C(O)N(C=O)CCC1CC1. The van der Waals surface area contributed by atoms with Crippen LogP contribution in [0.15, 0.2) is 47.2 Å². The topological polar surface area (TPSA) is 136 Å². The number of methoxy groups -OCH3 is 1. The standard InChI is InChI=1S/C22H31N3O7/c1-5-6-7-17(12-15(2)32-4)24(3)21(30)19(20(29)23-13-18(27)28)22(31)25(14-26)11-10-16-8-9-16/h5-7,12,14,16,31H,8-11,13H2,1-4H3,(H,23,29)(H,27,28)/b6-5-,15-12+,17-7+,22-19?. The molecule has 0 unspecified atom stereocenters. The summed E-state index contributed by atoms with van der Waals surface area (Å²) in [5.41, 5.74) is -0.411. The van der Waals surface area contributed by atoms with Crippen LogP contribution in [-0.4, -0.2) is 71.5 Å². The second kappa shape index (κ2) is 13.0. The highest BCUT2D eigenvalue weighted by Gasteiger charge is 2.31. The van der Waals surface area contributed by atoms with Crippen molar-refractivity contribution in [3.63, 3.8) is 0 Å². The van der Waals surface area contributed by atoms with E-state index in [1.54, 1.807) is 38.2 Å². The number of aliphatic carboxylic acids is 1. The van der Waals surface area contributed by atoms with Crippen LogP contribution in [0.25, 0.3) is 0 Å². The van der Waals surface area contributed by atoms with Gasteiger partial charge in [-0.3, -0.25) is 24.1 Å². The lowest BCUT2D eigenvalue weighted by Crippen LogP contribution is -2.40. The molecule has 0 aliphatic heterocycles. The predicted molar refractivity (Wildman–Crippen MR) is 117 cm³/mol. The van der Waals surface area contributed by atoms with Gasteiger partial charge in [-0.25, -0.2) is 0 Å². The number of carbonyl (C=O) groups is 4. The Balaban J connectivity index is 3.38. The summed E-state index contributed by atoms with van der Waals surface area (Å²) in [4.78, 5) is 50.3. The Kier molecular flexibility index (Phi) is 10.7. The highest BCUT2D eigenvalue weighted by atomic mass is 16.5. The van der Waals surface area contributed by atoms with E-state index in [1.807, 2.05) is 0 Å². The zero-order chi connectivity index (χ0) is 24.3. The maximum atomic E-state index is 13.2. The third-order valence-corrected chi connectivity index (χ3v) is 4.76. The molecule has 0 aromatic rings. The van der Waals surface area contributed by atoms with E-state index >= 15 is 0 Å². The predicted octanol–water partition coefficient (Wildman–Crippen LogP) is 1.68. The van der Waals surface area contributed by atoms with Crippen molar-refractivity contribution in [2.45, 2.75) is 33.1 Å². The summed E-state index contributed by atoms with van der Waals surface area (Å²) in [7, 11) is 2.84. The molecule has 0 aromatic heterocycles. The quantitative estimate of drug-likeness (QED) is 0.0972. The fourth-order valence-corrected chi connectivity index (χ4v) is 2.62. The highest BCUT2D eigenvalue weighted by Crippen LogP contribution is 2.32. The molecule has 0 heterocycles. The number of aliphatic hydroxyl groups excluding tert-OH is 1. The number of amides is 3. The Morgan fingerprint density at radius 1 is 1.22 bits per heavy atom. The minimum atomic E-state index is -1.33. The average Bonchev–Trinajstić information content (AvgIpc) is 3.59. The highest BCUT2D eigenvalue weighted by molar-refractivity contribution is 6.19. The monoisotopic (exact) mass is 449 g/mol. The van der Waals surface area contributed by atoms with Crippen LogP contribution in [0, 0.1) is 5.92 Å². The molecule has 32 heavy (non-hydrogen) atoms. The van der Waals surface area contributed by atoms with Crippen molar-refractivity contribution >= 4 is 24.2 Å². The summed E-state index contributed by atoms with van der Waals surface area (Å²) in [6.07, 6.45) is 9.53. The fourth-order valence-electron chi connectivity index (χ4n) is 2.62. The smallest absolute Gasteiger partial charge is 0.322 e. The van der Waals surface area contributed by atoms with Crippen LogP contribution in [0.5, 0.6) is 0 Å². The van der Waals surface area contributed by atoms with Crippen molar-refractivity contribution in [2.75, 3.05) is 27.2 Å². The summed E-state index contributed by atoms with van der Waals surface area (Å²) in [6.45, 7) is 2.80. The summed E-state index contributed by atoms with van der Waals surface area (Å²) < 4.78 is 5.12. The number of nitrogens with zero attached hydrogens (tertiary/aromatic N) is 2. The minimum absolute atomic E-state index is 0.122. The zero-order valence-electron chi connectivity index (χ0n) is 18.8. The minimum Gasteiger partial charge on any atom is -0.501 e. The molecular weight excluding hydrogens is 418 g/mol. The first-order valence-corrected chi connectivity index (χ1v) is 10.1. The van der Waals surface area contributed by atoms with Crippen molar-refractivity contribution in [2.24, 2.45) is 5.92 Å². The number of allylic oxidation sites excluding steroid dienone is 5. The van der Waals surface area contributed by atoms with Crippen molar-refractivity contribution in [3.8, 4) is 0 Å². The van der Waals surface area contributed by atoms with Gasteiger partial charge in [0.05, 0.1) is 12.9 Å². The molecule has 1 aliphatic carbocycles. The molecule has 10 nitrogen and oxygen atoms in total. The van der Waals surface area contributed by atoms with Crippen LogP contribution in [-0.2, 0) is 23.9 Å². The van der Waals surface area contributed by atoms with Crippen LogP contribution >= 0.6 is 0 Å². The van der Waals surface area contributed by atoms with Gasteiger partial charge in [0, 0.05) is 19.3 Å². The van der Waals surface area contributed by atoms with E-state index in [2.05, 4.69) is 5.32 Å². The first-order valence-electron chi connectivity index (χ1n) is 10.1.